The summed E-state index contributed by atoms with van der Waals surface area (Å²) in [5, 5.41) is 0. The highest BCUT2D eigenvalue weighted by Crippen LogP contribution is 2.69. The van der Waals surface area contributed by atoms with Gasteiger partial charge in [0.05, 0.1) is 5.76 Å². The lowest BCUT2D eigenvalue weighted by atomic mass is 9.27. The molecule has 0 saturated heterocycles. The second-order valence-electron chi connectivity index (χ2n) is 15.3. The van der Waals surface area contributed by atoms with Crippen molar-refractivity contribution in [1.29, 1.82) is 0 Å². The Kier molecular flexibility index (Phi) is 5.51. The van der Waals surface area contributed by atoms with Crippen LogP contribution >= 0.6 is 0 Å². The van der Waals surface area contributed by atoms with Gasteiger partial charge in [-0.05, 0) is 114 Å². The van der Waals surface area contributed by atoms with Gasteiger partial charge < -0.3 is 4.65 Å². The van der Waals surface area contributed by atoms with E-state index in [2.05, 4.69) is 68.4 Å². The summed E-state index contributed by atoms with van der Waals surface area (Å²) in [5.74, 6) is 8.98. The number of allylic oxidation sites excluding steroid dienone is 2. The van der Waals surface area contributed by atoms with Gasteiger partial charge >= 0.3 is 6.92 Å². The topological polar surface area (TPSA) is 9.23 Å². The molecule has 0 radical (unpaired) electrons. The molecule has 1 nitrogen and oxygen atoms in total. The van der Waals surface area contributed by atoms with Gasteiger partial charge in [0.25, 0.3) is 0 Å². The number of fused-ring (bicyclic) bond motifs is 4. The van der Waals surface area contributed by atoms with Gasteiger partial charge in [0, 0.05) is 6.42 Å². The fourth-order valence-electron chi connectivity index (χ4n) is 9.62. The van der Waals surface area contributed by atoms with E-state index in [1.165, 1.54) is 44.3 Å². The number of hydrogen-bond acceptors (Lipinski definition) is 1. The van der Waals surface area contributed by atoms with E-state index < -0.39 is 0 Å². The van der Waals surface area contributed by atoms with Crippen LogP contribution in [0, 0.1) is 57.7 Å². The Morgan fingerprint density at radius 1 is 0.844 bits per heavy atom. The first kappa shape index (κ1) is 23.4. The quantitative estimate of drug-likeness (QED) is 0.398. The summed E-state index contributed by atoms with van der Waals surface area (Å²) in [6, 6.07) is 0. The fourth-order valence-corrected chi connectivity index (χ4v) is 9.62. The maximum atomic E-state index is 7.21. The second kappa shape index (κ2) is 7.55. The Balaban J connectivity index is 1.38. The largest absolute Gasteiger partial charge is 0.563 e. The monoisotopic (exact) mass is 438 g/mol. The molecule has 7 aliphatic rings. The van der Waals surface area contributed by atoms with Crippen LogP contribution in [-0.4, -0.2) is 6.92 Å². The summed E-state index contributed by atoms with van der Waals surface area (Å²) < 4.78 is 7.21. The predicted octanol–water partition coefficient (Wildman–Crippen LogP) is 8.87. The average Bonchev–Trinajstić information content (AvgIpc) is 2.71. The Bertz CT molecular complexity index is 715. The molecule has 9 atom stereocenters. The van der Waals surface area contributed by atoms with Crippen LogP contribution in [0.4, 0.5) is 0 Å². The Morgan fingerprint density at radius 3 is 1.69 bits per heavy atom. The molecule has 0 aromatic heterocycles. The molecule has 0 amide bonds. The highest BCUT2D eigenvalue weighted by molar-refractivity contribution is 6.56. The second-order valence-corrected chi connectivity index (χ2v) is 15.3. The fraction of sp³-hybridized carbons (Fsp3) is 0.933. The maximum absolute atomic E-state index is 7.21. The molecule has 6 fully saturated rings. The molecule has 0 N–H and O–H groups in total. The first-order valence-electron chi connectivity index (χ1n) is 14.2. The standard InChI is InChI=1S/C30H51BO/c1-18-24-14-21(29(24,6)7)16-26(18)31(27-17-22-15-25(19(27)2)30(22,8)9)32-23-12-10-20(11-13-23)28(3,4)5/h12,18-22,24-27H,10-11,13-17H2,1-9H3/t18?,19?,20-,21?,22?,24?,25?,26?,27?/m0/s1. The van der Waals surface area contributed by atoms with Gasteiger partial charge in [0.1, 0.15) is 0 Å². The maximum Gasteiger partial charge on any atom is 0.364 e. The minimum Gasteiger partial charge on any atom is -0.563 e. The lowest BCUT2D eigenvalue weighted by Crippen LogP contribution is -2.60. The summed E-state index contributed by atoms with van der Waals surface area (Å²) >= 11 is 0. The van der Waals surface area contributed by atoms with Crippen molar-refractivity contribution < 1.29 is 4.65 Å². The zero-order valence-corrected chi connectivity index (χ0v) is 22.7. The van der Waals surface area contributed by atoms with E-state index in [1.807, 2.05) is 0 Å². The molecule has 2 heteroatoms. The van der Waals surface area contributed by atoms with E-state index >= 15 is 0 Å². The summed E-state index contributed by atoms with van der Waals surface area (Å²) in [6.45, 7) is 23.1. The van der Waals surface area contributed by atoms with Crippen molar-refractivity contribution in [3.05, 3.63) is 11.8 Å². The molecular formula is C30H51BO. The summed E-state index contributed by atoms with van der Waals surface area (Å²) in [4.78, 5) is 0. The molecule has 8 unspecified atom stereocenters. The molecule has 7 rings (SSSR count). The van der Waals surface area contributed by atoms with E-state index in [0.29, 0.717) is 23.2 Å². The van der Waals surface area contributed by atoms with E-state index in [4.69, 9.17) is 4.65 Å². The molecule has 0 aromatic rings. The number of rotatable bonds is 4. The molecule has 0 spiro atoms. The van der Waals surface area contributed by atoms with Crippen molar-refractivity contribution in [1.82, 2.24) is 0 Å². The van der Waals surface area contributed by atoms with Crippen LogP contribution < -0.4 is 0 Å². The smallest absolute Gasteiger partial charge is 0.364 e. The van der Waals surface area contributed by atoms with Gasteiger partial charge in [-0.15, -0.1) is 0 Å². The molecule has 0 heterocycles. The normalized spacial score (nSPS) is 46.4. The summed E-state index contributed by atoms with van der Waals surface area (Å²) in [7, 11) is 0. The zero-order valence-electron chi connectivity index (χ0n) is 22.7. The van der Waals surface area contributed by atoms with Crippen LogP contribution in [0.15, 0.2) is 11.8 Å². The van der Waals surface area contributed by atoms with Crippen molar-refractivity contribution in [2.24, 2.45) is 57.7 Å². The van der Waals surface area contributed by atoms with Crippen LogP contribution in [0.5, 0.6) is 0 Å². The van der Waals surface area contributed by atoms with Gasteiger partial charge in [-0.1, -0.05) is 62.3 Å². The van der Waals surface area contributed by atoms with Crippen LogP contribution in [0.2, 0.25) is 11.6 Å². The Labute approximate surface area is 200 Å². The predicted molar refractivity (Wildman–Crippen MR) is 138 cm³/mol. The van der Waals surface area contributed by atoms with Crippen LogP contribution in [0.25, 0.3) is 0 Å². The third-order valence-corrected chi connectivity index (χ3v) is 12.6. The molecule has 0 aromatic carbocycles. The lowest BCUT2D eigenvalue weighted by molar-refractivity contribution is -0.110. The minimum absolute atomic E-state index is 0.414. The van der Waals surface area contributed by atoms with Gasteiger partial charge in [-0.25, -0.2) is 0 Å². The van der Waals surface area contributed by atoms with Gasteiger partial charge in [-0.2, -0.15) is 0 Å². The Hall–Kier alpha value is -0.395. The van der Waals surface area contributed by atoms with Crippen LogP contribution in [-0.2, 0) is 4.65 Å². The van der Waals surface area contributed by atoms with Crippen molar-refractivity contribution in [3.63, 3.8) is 0 Å². The van der Waals surface area contributed by atoms with Crippen molar-refractivity contribution in [3.8, 4) is 0 Å². The average molecular weight is 439 g/mol. The molecule has 0 aliphatic heterocycles. The third-order valence-electron chi connectivity index (χ3n) is 12.6. The highest BCUT2D eigenvalue weighted by Gasteiger charge is 2.63. The number of hydrogen-bond donors (Lipinski definition) is 0. The Morgan fingerprint density at radius 2 is 1.34 bits per heavy atom. The van der Waals surface area contributed by atoms with Gasteiger partial charge in [0.2, 0.25) is 0 Å². The van der Waals surface area contributed by atoms with Crippen LogP contribution in [0.1, 0.15) is 107 Å². The van der Waals surface area contributed by atoms with Crippen LogP contribution in [0.3, 0.4) is 0 Å². The SMILES string of the molecule is CC1C(B(OC2=CC[C@H](C(C)(C)C)CC2)C2CC3CC(C2C)C3(C)C)CC2CC1C2(C)C. The zero-order chi connectivity index (χ0) is 23.2. The first-order chi connectivity index (χ1) is 14.8. The van der Waals surface area contributed by atoms with E-state index in [9.17, 15) is 0 Å². The van der Waals surface area contributed by atoms with Crippen molar-refractivity contribution in [2.45, 2.75) is 119 Å². The van der Waals surface area contributed by atoms with Gasteiger partial charge in [0.15, 0.2) is 0 Å². The molecule has 7 aliphatic carbocycles. The summed E-state index contributed by atoms with van der Waals surface area (Å²) in [6.07, 6.45) is 12.0. The van der Waals surface area contributed by atoms with E-state index in [1.54, 1.807) is 0 Å². The van der Waals surface area contributed by atoms with Gasteiger partial charge in [-0.3, -0.25) is 0 Å². The molecule has 4 bridgehead atoms. The van der Waals surface area contributed by atoms with Crippen molar-refractivity contribution >= 4 is 6.92 Å². The van der Waals surface area contributed by atoms with E-state index in [0.717, 1.165) is 59.5 Å². The van der Waals surface area contributed by atoms with Crippen molar-refractivity contribution in [2.75, 3.05) is 0 Å². The van der Waals surface area contributed by atoms with E-state index in [-0.39, 0.29) is 0 Å². The third kappa shape index (κ3) is 3.47. The minimum atomic E-state index is 0.414. The lowest BCUT2D eigenvalue weighted by Gasteiger charge is -2.65. The molecular weight excluding hydrogens is 387 g/mol. The highest BCUT2D eigenvalue weighted by atomic mass is 16.4. The molecule has 180 valence electrons. The molecule has 32 heavy (non-hydrogen) atoms. The summed E-state index contributed by atoms with van der Waals surface area (Å²) in [5.41, 5.74) is 1.54. The molecule has 6 saturated carbocycles. The first-order valence-corrected chi connectivity index (χ1v) is 14.2.